The summed E-state index contributed by atoms with van der Waals surface area (Å²) in [5.74, 6) is 0. The fraction of sp³-hybridized carbons (Fsp3) is 0.357. The zero-order valence-electron chi connectivity index (χ0n) is 10.5. The minimum absolute atomic E-state index is 0.0303. The number of nitrogens with one attached hydrogen (secondary N) is 1. The number of benzene rings is 1. The van der Waals surface area contributed by atoms with Crippen LogP contribution in [0.2, 0.25) is 0 Å². The molecule has 1 aromatic carbocycles. The van der Waals surface area contributed by atoms with Gasteiger partial charge in [-0.1, -0.05) is 30.3 Å². The zero-order chi connectivity index (χ0) is 12.5. The van der Waals surface area contributed by atoms with Gasteiger partial charge in [0.05, 0.1) is 0 Å². The summed E-state index contributed by atoms with van der Waals surface area (Å²) in [6.45, 7) is 6.47. The molecule has 3 heteroatoms. The fourth-order valence-electron chi connectivity index (χ4n) is 1.85. The molecule has 0 spiro atoms. The van der Waals surface area contributed by atoms with Crippen molar-refractivity contribution < 1.29 is 0 Å². The highest BCUT2D eigenvalue weighted by molar-refractivity contribution is 7.71. The molecule has 2 aromatic rings. The van der Waals surface area contributed by atoms with Crippen LogP contribution in [0.4, 0.5) is 0 Å². The standard InChI is InChI=1S/C14H18N2S/c1-14(2,3)16-10-12(15-13(16)17)9-11-7-5-4-6-8-11/h4-8,10H,9H2,1-3H3,(H,15,17). The lowest BCUT2D eigenvalue weighted by atomic mass is 10.1. The minimum atomic E-state index is 0.0303. The molecule has 0 radical (unpaired) electrons. The van der Waals surface area contributed by atoms with Crippen molar-refractivity contribution in [3.63, 3.8) is 0 Å². The van der Waals surface area contributed by atoms with Crippen LogP contribution in [-0.2, 0) is 12.0 Å². The highest BCUT2D eigenvalue weighted by Crippen LogP contribution is 2.17. The molecule has 0 aliphatic carbocycles. The number of H-pyrrole nitrogens is 1. The van der Waals surface area contributed by atoms with E-state index in [0.717, 1.165) is 16.9 Å². The van der Waals surface area contributed by atoms with Crippen LogP contribution < -0.4 is 0 Å². The van der Waals surface area contributed by atoms with Crippen molar-refractivity contribution in [3.05, 3.63) is 52.6 Å². The molecule has 0 unspecified atom stereocenters. The Kier molecular flexibility index (Phi) is 3.20. The highest BCUT2D eigenvalue weighted by Gasteiger charge is 2.14. The van der Waals surface area contributed by atoms with Crippen LogP contribution in [0.1, 0.15) is 32.0 Å². The monoisotopic (exact) mass is 246 g/mol. The van der Waals surface area contributed by atoms with E-state index in [9.17, 15) is 0 Å². The third-order valence-corrected chi connectivity index (χ3v) is 3.03. The first kappa shape index (κ1) is 12.1. The van der Waals surface area contributed by atoms with Gasteiger partial charge in [0, 0.05) is 23.9 Å². The van der Waals surface area contributed by atoms with E-state index < -0.39 is 0 Å². The Morgan fingerprint density at radius 3 is 2.35 bits per heavy atom. The number of aromatic nitrogens is 2. The Hall–Kier alpha value is -1.35. The van der Waals surface area contributed by atoms with Crippen molar-refractivity contribution in [2.45, 2.75) is 32.7 Å². The van der Waals surface area contributed by atoms with E-state index in [1.807, 2.05) is 6.07 Å². The summed E-state index contributed by atoms with van der Waals surface area (Å²) < 4.78 is 2.91. The van der Waals surface area contributed by atoms with Crippen LogP contribution in [0.15, 0.2) is 36.5 Å². The second kappa shape index (κ2) is 4.49. The first-order valence-corrected chi connectivity index (χ1v) is 6.22. The van der Waals surface area contributed by atoms with Crippen molar-refractivity contribution in [1.82, 2.24) is 9.55 Å². The first-order chi connectivity index (χ1) is 7.97. The molecule has 0 saturated heterocycles. The molecule has 2 rings (SSSR count). The van der Waals surface area contributed by atoms with E-state index in [4.69, 9.17) is 12.2 Å². The number of nitrogens with zero attached hydrogens (tertiary/aromatic N) is 1. The fourth-order valence-corrected chi connectivity index (χ4v) is 2.31. The van der Waals surface area contributed by atoms with E-state index in [-0.39, 0.29) is 5.54 Å². The van der Waals surface area contributed by atoms with Gasteiger partial charge in [0.1, 0.15) is 0 Å². The molecule has 0 saturated carbocycles. The van der Waals surface area contributed by atoms with Crippen molar-refractivity contribution >= 4 is 12.2 Å². The Morgan fingerprint density at radius 2 is 1.82 bits per heavy atom. The summed E-state index contributed by atoms with van der Waals surface area (Å²) in [6.07, 6.45) is 3.02. The summed E-state index contributed by atoms with van der Waals surface area (Å²) in [5.41, 5.74) is 2.49. The van der Waals surface area contributed by atoms with Crippen molar-refractivity contribution in [2.24, 2.45) is 0 Å². The predicted octanol–water partition coefficient (Wildman–Crippen LogP) is 3.89. The van der Waals surface area contributed by atoms with Crippen LogP contribution in [0.5, 0.6) is 0 Å². The largest absolute Gasteiger partial charge is 0.334 e. The minimum Gasteiger partial charge on any atom is -0.334 e. The molecule has 0 fully saturated rings. The Balaban J connectivity index is 2.28. The molecule has 90 valence electrons. The lowest BCUT2D eigenvalue weighted by molar-refractivity contribution is 0.392. The van der Waals surface area contributed by atoms with Crippen LogP contribution >= 0.6 is 12.2 Å². The predicted molar refractivity (Wildman–Crippen MR) is 73.9 cm³/mol. The quantitative estimate of drug-likeness (QED) is 0.797. The van der Waals surface area contributed by atoms with Crippen LogP contribution in [0, 0.1) is 4.77 Å². The first-order valence-electron chi connectivity index (χ1n) is 5.82. The van der Waals surface area contributed by atoms with E-state index in [0.29, 0.717) is 0 Å². The maximum Gasteiger partial charge on any atom is 0.177 e. The molecule has 1 N–H and O–H groups in total. The lowest BCUT2D eigenvalue weighted by Crippen LogP contribution is -2.20. The van der Waals surface area contributed by atoms with E-state index in [1.165, 1.54) is 5.56 Å². The average molecular weight is 246 g/mol. The number of hydrogen-bond donors (Lipinski definition) is 1. The van der Waals surface area contributed by atoms with Gasteiger partial charge >= 0.3 is 0 Å². The topological polar surface area (TPSA) is 20.7 Å². The second-order valence-corrected chi connectivity index (χ2v) is 5.67. The van der Waals surface area contributed by atoms with E-state index in [1.54, 1.807) is 0 Å². The smallest absolute Gasteiger partial charge is 0.177 e. The van der Waals surface area contributed by atoms with Crippen LogP contribution in [0.3, 0.4) is 0 Å². The molecule has 2 nitrogen and oxygen atoms in total. The van der Waals surface area contributed by atoms with Gasteiger partial charge in [0.15, 0.2) is 4.77 Å². The molecule has 17 heavy (non-hydrogen) atoms. The molecular formula is C14H18N2S. The van der Waals surface area contributed by atoms with Crippen molar-refractivity contribution in [2.75, 3.05) is 0 Å². The highest BCUT2D eigenvalue weighted by atomic mass is 32.1. The van der Waals surface area contributed by atoms with Crippen molar-refractivity contribution in [3.8, 4) is 0 Å². The second-order valence-electron chi connectivity index (χ2n) is 5.29. The summed E-state index contributed by atoms with van der Waals surface area (Å²) in [7, 11) is 0. The number of aromatic amines is 1. The molecule has 1 aromatic heterocycles. The summed E-state index contributed by atoms with van der Waals surface area (Å²) in [6, 6.07) is 10.4. The average Bonchev–Trinajstić information content (AvgIpc) is 2.60. The number of rotatable bonds is 2. The maximum absolute atomic E-state index is 5.34. The summed E-state index contributed by atoms with van der Waals surface area (Å²) in [4.78, 5) is 3.28. The van der Waals surface area contributed by atoms with Crippen molar-refractivity contribution in [1.29, 1.82) is 0 Å². The van der Waals surface area contributed by atoms with Gasteiger partial charge < -0.3 is 9.55 Å². The van der Waals surface area contributed by atoms with Gasteiger partial charge in [0.2, 0.25) is 0 Å². The molecule has 0 atom stereocenters. The lowest BCUT2D eigenvalue weighted by Gasteiger charge is -2.20. The normalized spacial score (nSPS) is 11.7. The Labute approximate surface area is 107 Å². The molecule has 0 amide bonds. The summed E-state index contributed by atoms with van der Waals surface area (Å²) >= 11 is 5.34. The molecular weight excluding hydrogens is 228 g/mol. The van der Waals surface area contributed by atoms with Gasteiger partial charge in [0.25, 0.3) is 0 Å². The number of imidazole rings is 1. The van der Waals surface area contributed by atoms with Gasteiger partial charge in [-0.2, -0.15) is 0 Å². The molecule has 1 heterocycles. The molecule has 0 bridgehead atoms. The van der Waals surface area contributed by atoms with Crippen LogP contribution in [0.25, 0.3) is 0 Å². The molecule has 0 aliphatic rings. The van der Waals surface area contributed by atoms with Gasteiger partial charge in [-0.25, -0.2) is 0 Å². The third-order valence-electron chi connectivity index (χ3n) is 2.73. The zero-order valence-corrected chi connectivity index (χ0v) is 11.3. The number of hydrogen-bond acceptors (Lipinski definition) is 1. The van der Waals surface area contributed by atoms with Gasteiger partial charge in [-0.3, -0.25) is 0 Å². The van der Waals surface area contributed by atoms with Gasteiger partial charge in [-0.05, 0) is 38.6 Å². The van der Waals surface area contributed by atoms with E-state index in [2.05, 4.69) is 60.8 Å². The summed E-state index contributed by atoms with van der Waals surface area (Å²) in [5, 5.41) is 0. The maximum atomic E-state index is 5.34. The Morgan fingerprint density at radius 1 is 1.18 bits per heavy atom. The SMILES string of the molecule is CC(C)(C)n1cc(Cc2ccccc2)[nH]c1=S. The Bertz CT molecular complexity index is 544. The van der Waals surface area contributed by atoms with Crippen LogP contribution in [-0.4, -0.2) is 9.55 Å². The van der Waals surface area contributed by atoms with Gasteiger partial charge in [-0.15, -0.1) is 0 Å². The third kappa shape index (κ3) is 2.86. The molecule has 0 aliphatic heterocycles. The van der Waals surface area contributed by atoms with E-state index >= 15 is 0 Å².